The fourth-order valence-electron chi connectivity index (χ4n) is 4.41. The fraction of sp³-hybridized carbons (Fsp3) is 0.462. The van der Waals surface area contributed by atoms with Crippen molar-refractivity contribution >= 4 is 23.9 Å². The van der Waals surface area contributed by atoms with Gasteiger partial charge in [0.05, 0.1) is 43.9 Å². The van der Waals surface area contributed by atoms with Crippen LogP contribution in [0, 0.1) is 0 Å². The van der Waals surface area contributed by atoms with Gasteiger partial charge in [-0.05, 0) is 52.0 Å². The Bertz CT molecular complexity index is 1080. The molecule has 2 aromatic rings. The fourth-order valence-corrected chi connectivity index (χ4v) is 4.41. The number of carbonyl (C=O) groups excluding carboxylic acids is 4. The van der Waals surface area contributed by atoms with Crippen LogP contribution in [-0.4, -0.2) is 76.8 Å². The molecule has 0 bridgehead atoms. The Balaban J connectivity index is 2.39. The van der Waals surface area contributed by atoms with Gasteiger partial charge in [0.2, 0.25) is 11.6 Å². The van der Waals surface area contributed by atoms with Crippen LogP contribution in [0.15, 0.2) is 48.8 Å². The summed E-state index contributed by atoms with van der Waals surface area (Å²) >= 11 is 0. The summed E-state index contributed by atoms with van der Waals surface area (Å²) < 4.78 is 21.2. The molecule has 0 aliphatic carbocycles. The molecular weight excluding hydrogens is 496 g/mol. The van der Waals surface area contributed by atoms with Crippen molar-refractivity contribution in [2.75, 3.05) is 26.4 Å². The van der Waals surface area contributed by atoms with E-state index in [1.165, 1.54) is 17.3 Å². The molecule has 3 heterocycles. The molecule has 1 saturated heterocycles. The first-order valence-corrected chi connectivity index (χ1v) is 12.4. The lowest BCUT2D eigenvalue weighted by molar-refractivity contribution is -0.172. The van der Waals surface area contributed by atoms with Crippen molar-refractivity contribution in [3.8, 4) is 0 Å². The third-order valence-corrected chi connectivity index (χ3v) is 5.82. The van der Waals surface area contributed by atoms with E-state index in [1.807, 2.05) is 0 Å². The summed E-state index contributed by atoms with van der Waals surface area (Å²) in [4.78, 5) is 64.2. The summed E-state index contributed by atoms with van der Waals surface area (Å²) in [5.41, 5.74) is -1.74. The van der Waals surface area contributed by atoms with Crippen molar-refractivity contribution < 1.29 is 38.1 Å². The van der Waals surface area contributed by atoms with Gasteiger partial charge >= 0.3 is 23.9 Å². The Kier molecular flexibility index (Phi) is 9.85. The maximum atomic E-state index is 13.7. The van der Waals surface area contributed by atoms with Crippen molar-refractivity contribution in [2.24, 2.45) is 0 Å². The molecule has 1 aliphatic rings. The number of hydrogen-bond acceptors (Lipinski definition) is 12. The second kappa shape index (κ2) is 13.1. The predicted molar refractivity (Wildman–Crippen MR) is 132 cm³/mol. The zero-order chi connectivity index (χ0) is 27.7. The summed E-state index contributed by atoms with van der Waals surface area (Å²) in [5, 5.41) is 3.02. The molecule has 1 aliphatic heterocycles. The molecule has 204 valence electrons. The Labute approximate surface area is 220 Å². The number of pyridine rings is 2. The highest BCUT2D eigenvalue weighted by molar-refractivity contribution is 6.07. The van der Waals surface area contributed by atoms with E-state index in [4.69, 9.17) is 18.9 Å². The second-order valence-electron chi connectivity index (χ2n) is 8.06. The van der Waals surface area contributed by atoms with Crippen LogP contribution in [0.2, 0.25) is 0 Å². The normalized spacial score (nSPS) is 18.6. The van der Waals surface area contributed by atoms with Crippen LogP contribution < -0.4 is 5.32 Å². The molecule has 1 N–H and O–H groups in total. The quantitative estimate of drug-likeness (QED) is 0.256. The van der Waals surface area contributed by atoms with Gasteiger partial charge in [0, 0.05) is 12.4 Å². The van der Waals surface area contributed by atoms with E-state index in [0.717, 1.165) is 0 Å². The lowest BCUT2D eigenvalue weighted by atomic mass is 9.87. The standard InChI is InChI=1S/C26H32N4O8/c1-5-35-22(31)19(23(32)36-6-2)30-20(17-13-9-11-15-27-17)26(24(33)37-7-3,25(34)38-8-4)29-21(30)18-14-10-12-16-28-18/h9-16,19-21,29H,5-8H2,1-4H3/t20-,21-/m0/s1. The number of hydrogen-bond donors (Lipinski definition) is 1. The molecule has 3 rings (SSSR count). The number of nitrogens with one attached hydrogen (secondary N) is 1. The van der Waals surface area contributed by atoms with E-state index >= 15 is 0 Å². The zero-order valence-electron chi connectivity index (χ0n) is 21.8. The predicted octanol–water partition coefficient (Wildman–Crippen LogP) is 1.48. The number of aromatic nitrogens is 2. The topological polar surface area (TPSA) is 146 Å². The number of carbonyl (C=O) groups is 4. The van der Waals surface area contributed by atoms with Crippen molar-refractivity contribution in [1.29, 1.82) is 0 Å². The summed E-state index contributed by atoms with van der Waals surface area (Å²) in [7, 11) is 0. The maximum Gasteiger partial charge on any atom is 0.340 e. The van der Waals surface area contributed by atoms with Crippen molar-refractivity contribution in [2.45, 2.75) is 51.5 Å². The number of nitrogens with zero attached hydrogens (tertiary/aromatic N) is 3. The number of esters is 4. The summed E-state index contributed by atoms with van der Waals surface area (Å²) in [6.45, 7) is 6.21. The highest BCUT2D eigenvalue weighted by Gasteiger charge is 2.68. The average molecular weight is 529 g/mol. The van der Waals surface area contributed by atoms with E-state index in [9.17, 15) is 19.2 Å². The minimum absolute atomic E-state index is 0.0284. The molecule has 0 amide bonds. The van der Waals surface area contributed by atoms with E-state index in [2.05, 4.69) is 15.3 Å². The van der Waals surface area contributed by atoms with Crippen LogP contribution >= 0.6 is 0 Å². The summed E-state index contributed by atoms with van der Waals surface area (Å²) in [6.07, 6.45) is 1.83. The molecule has 2 aromatic heterocycles. The van der Waals surface area contributed by atoms with E-state index in [1.54, 1.807) is 64.1 Å². The van der Waals surface area contributed by atoms with Gasteiger partial charge in [0.1, 0.15) is 6.17 Å². The van der Waals surface area contributed by atoms with Crippen LogP contribution in [0.1, 0.15) is 51.3 Å². The average Bonchev–Trinajstić information content (AvgIpc) is 3.27. The van der Waals surface area contributed by atoms with Crippen LogP contribution in [0.4, 0.5) is 0 Å². The van der Waals surface area contributed by atoms with E-state index in [0.29, 0.717) is 5.69 Å². The smallest absolute Gasteiger partial charge is 0.340 e. The molecule has 0 unspecified atom stereocenters. The lowest BCUT2D eigenvalue weighted by Crippen LogP contribution is -2.60. The summed E-state index contributed by atoms with van der Waals surface area (Å²) in [6, 6.07) is 6.80. The summed E-state index contributed by atoms with van der Waals surface area (Å²) in [5.74, 6) is -3.80. The molecular formula is C26H32N4O8. The monoisotopic (exact) mass is 528 g/mol. The van der Waals surface area contributed by atoms with Crippen LogP contribution in [-0.2, 0) is 38.1 Å². The molecule has 12 nitrogen and oxygen atoms in total. The second-order valence-corrected chi connectivity index (χ2v) is 8.06. The Morgan fingerprint density at radius 1 is 0.789 bits per heavy atom. The maximum absolute atomic E-state index is 13.7. The minimum atomic E-state index is -2.24. The minimum Gasteiger partial charge on any atom is -0.464 e. The first kappa shape index (κ1) is 28.7. The highest BCUT2D eigenvalue weighted by Crippen LogP contribution is 2.46. The van der Waals surface area contributed by atoms with Crippen LogP contribution in [0.5, 0.6) is 0 Å². The van der Waals surface area contributed by atoms with Gasteiger partial charge in [0.25, 0.3) is 0 Å². The van der Waals surface area contributed by atoms with Gasteiger partial charge in [-0.15, -0.1) is 0 Å². The molecule has 38 heavy (non-hydrogen) atoms. The van der Waals surface area contributed by atoms with Crippen LogP contribution in [0.3, 0.4) is 0 Å². The van der Waals surface area contributed by atoms with Gasteiger partial charge in [-0.3, -0.25) is 15.3 Å². The van der Waals surface area contributed by atoms with Crippen molar-refractivity contribution in [3.05, 3.63) is 60.2 Å². The Morgan fingerprint density at radius 3 is 1.68 bits per heavy atom. The van der Waals surface area contributed by atoms with Gasteiger partial charge in [-0.25, -0.2) is 24.1 Å². The molecule has 0 aromatic carbocycles. The molecule has 1 fully saturated rings. The SMILES string of the molecule is CCOC(=O)C(C(=O)OCC)N1[C@@H](c2ccccn2)NC(C(=O)OCC)(C(=O)OCC)[C@@H]1c1ccccn1. The molecule has 0 radical (unpaired) electrons. The first-order chi connectivity index (χ1) is 18.4. The number of ether oxygens (including phenoxy) is 4. The Morgan fingerprint density at radius 2 is 1.26 bits per heavy atom. The third-order valence-electron chi connectivity index (χ3n) is 5.82. The first-order valence-electron chi connectivity index (χ1n) is 12.4. The van der Waals surface area contributed by atoms with Crippen LogP contribution in [0.25, 0.3) is 0 Å². The lowest BCUT2D eigenvalue weighted by Gasteiger charge is -2.35. The van der Waals surface area contributed by atoms with E-state index < -0.39 is 47.7 Å². The largest absolute Gasteiger partial charge is 0.464 e. The van der Waals surface area contributed by atoms with Gasteiger partial charge < -0.3 is 18.9 Å². The highest BCUT2D eigenvalue weighted by atomic mass is 16.6. The van der Waals surface area contributed by atoms with Crippen molar-refractivity contribution in [3.63, 3.8) is 0 Å². The van der Waals surface area contributed by atoms with E-state index in [-0.39, 0.29) is 32.1 Å². The van der Waals surface area contributed by atoms with Gasteiger partial charge in [-0.2, -0.15) is 0 Å². The molecule has 0 spiro atoms. The third kappa shape index (κ3) is 5.50. The molecule has 2 atom stereocenters. The van der Waals surface area contributed by atoms with Gasteiger partial charge in [-0.1, -0.05) is 12.1 Å². The van der Waals surface area contributed by atoms with Gasteiger partial charge in [0.15, 0.2) is 0 Å². The zero-order valence-corrected chi connectivity index (χ0v) is 21.8. The van der Waals surface area contributed by atoms with Crippen molar-refractivity contribution in [1.82, 2.24) is 20.2 Å². The molecule has 12 heteroatoms. The Hall–Kier alpha value is -3.90. The number of rotatable bonds is 11. The molecule has 0 saturated carbocycles.